The van der Waals surface area contributed by atoms with Gasteiger partial charge in [0.1, 0.15) is 11.9 Å². The summed E-state index contributed by atoms with van der Waals surface area (Å²) in [7, 11) is 3.06. The van der Waals surface area contributed by atoms with Crippen molar-refractivity contribution in [2.75, 3.05) is 20.7 Å². The van der Waals surface area contributed by atoms with Crippen LogP contribution < -0.4 is 5.32 Å². The first-order chi connectivity index (χ1) is 11.5. The Bertz CT molecular complexity index is 593. The number of nitrogens with zero attached hydrogens (tertiary/aromatic N) is 1. The van der Waals surface area contributed by atoms with Crippen LogP contribution in [0.2, 0.25) is 0 Å². The van der Waals surface area contributed by atoms with Crippen molar-refractivity contribution in [2.45, 2.75) is 38.3 Å². The summed E-state index contributed by atoms with van der Waals surface area (Å²) in [6.45, 7) is 2.63. The Labute approximate surface area is 142 Å². The molecule has 5 nitrogen and oxygen atoms in total. The molecule has 0 saturated carbocycles. The number of amides is 1. The molecule has 132 valence electrons. The quantitative estimate of drug-likeness (QED) is 0.640. The second-order valence-corrected chi connectivity index (χ2v) is 6.16. The molecule has 1 heterocycles. The van der Waals surface area contributed by atoms with E-state index < -0.39 is 24.0 Å². The minimum absolute atomic E-state index is 0.144. The van der Waals surface area contributed by atoms with Crippen molar-refractivity contribution in [1.29, 1.82) is 0 Å². The maximum Gasteiger partial charge on any atom is 0.323 e. The third-order valence-electron chi connectivity index (χ3n) is 4.65. The van der Waals surface area contributed by atoms with Gasteiger partial charge in [-0.25, -0.2) is 4.39 Å². The second kappa shape index (κ2) is 8.24. The van der Waals surface area contributed by atoms with Crippen molar-refractivity contribution >= 4 is 11.9 Å². The smallest absolute Gasteiger partial charge is 0.323 e. The number of carbonyl (C=O) groups is 2. The largest absolute Gasteiger partial charge is 0.468 e. The lowest BCUT2D eigenvalue weighted by molar-refractivity contribution is -0.145. The summed E-state index contributed by atoms with van der Waals surface area (Å²) in [6.07, 6.45) is 2.19. The predicted molar refractivity (Wildman–Crippen MR) is 88.7 cm³/mol. The summed E-state index contributed by atoms with van der Waals surface area (Å²) >= 11 is 0. The van der Waals surface area contributed by atoms with Crippen molar-refractivity contribution in [3.05, 3.63) is 35.6 Å². The first kappa shape index (κ1) is 18.4. The Morgan fingerprint density at radius 3 is 2.71 bits per heavy atom. The van der Waals surface area contributed by atoms with Gasteiger partial charge < -0.3 is 10.1 Å². The molecule has 0 radical (unpaired) electrons. The van der Waals surface area contributed by atoms with E-state index in [1.165, 1.54) is 13.2 Å². The molecule has 6 heteroatoms. The highest BCUT2D eigenvalue weighted by molar-refractivity contribution is 5.83. The maximum atomic E-state index is 14.3. The van der Waals surface area contributed by atoms with Crippen LogP contribution in [-0.2, 0) is 14.3 Å². The first-order valence-corrected chi connectivity index (χ1v) is 8.33. The van der Waals surface area contributed by atoms with Gasteiger partial charge in [0.15, 0.2) is 0 Å². The number of methoxy groups -OCH3 is 1. The predicted octanol–water partition coefficient (Wildman–Crippen LogP) is 2.28. The fraction of sp³-hybridized carbons (Fsp3) is 0.556. The summed E-state index contributed by atoms with van der Waals surface area (Å²) < 4.78 is 19.1. The van der Waals surface area contributed by atoms with Gasteiger partial charge >= 0.3 is 5.97 Å². The highest BCUT2D eigenvalue weighted by Gasteiger charge is 2.47. The third kappa shape index (κ3) is 3.75. The van der Waals surface area contributed by atoms with E-state index in [0.717, 1.165) is 12.8 Å². The number of unbranched alkanes of at least 4 members (excludes halogenated alkanes) is 1. The van der Waals surface area contributed by atoms with Crippen LogP contribution in [0.3, 0.4) is 0 Å². The Morgan fingerprint density at radius 1 is 1.38 bits per heavy atom. The molecule has 0 aliphatic carbocycles. The molecule has 24 heavy (non-hydrogen) atoms. The molecule has 0 aromatic heterocycles. The zero-order valence-electron chi connectivity index (χ0n) is 14.4. The molecule has 1 saturated heterocycles. The van der Waals surface area contributed by atoms with Crippen LogP contribution >= 0.6 is 0 Å². The van der Waals surface area contributed by atoms with Crippen molar-refractivity contribution in [1.82, 2.24) is 10.2 Å². The fourth-order valence-corrected chi connectivity index (χ4v) is 3.33. The third-order valence-corrected chi connectivity index (χ3v) is 4.65. The molecular formula is C18H25FN2O3. The van der Waals surface area contributed by atoms with E-state index >= 15 is 0 Å². The van der Waals surface area contributed by atoms with Crippen LogP contribution in [0.4, 0.5) is 4.39 Å². The number of hydrogen-bond acceptors (Lipinski definition) is 4. The molecule has 0 unspecified atom stereocenters. The number of carbonyl (C=O) groups excluding carboxylic acids is 2. The van der Waals surface area contributed by atoms with Crippen molar-refractivity contribution in [2.24, 2.45) is 5.92 Å². The minimum atomic E-state index is -0.554. The average Bonchev–Trinajstić information content (AvgIpc) is 2.92. The highest BCUT2D eigenvalue weighted by Crippen LogP contribution is 2.41. The van der Waals surface area contributed by atoms with Gasteiger partial charge in [0, 0.05) is 18.2 Å². The summed E-state index contributed by atoms with van der Waals surface area (Å²) in [5, 5.41) is 2.90. The van der Waals surface area contributed by atoms with Gasteiger partial charge in [-0.05, 0) is 26.0 Å². The van der Waals surface area contributed by atoms with Crippen LogP contribution in [0.25, 0.3) is 0 Å². The van der Waals surface area contributed by atoms with Gasteiger partial charge in [0.05, 0.1) is 13.0 Å². The molecule has 3 atom stereocenters. The van der Waals surface area contributed by atoms with E-state index in [4.69, 9.17) is 4.74 Å². The number of hydrogen-bond donors (Lipinski definition) is 1. The monoisotopic (exact) mass is 336 g/mol. The first-order valence-electron chi connectivity index (χ1n) is 8.33. The lowest BCUT2D eigenvalue weighted by Crippen LogP contribution is -2.37. The standard InChI is InChI=1S/C18H25FN2O3/c1-4-5-10-20-17(22)13-11-15(18(23)24-3)21(2)16(13)12-8-6-7-9-14(12)19/h6-9,13,15-16H,4-5,10-11H2,1-3H3,(H,20,22)/t13-,15-,16-/m0/s1. The average molecular weight is 336 g/mol. The van der Waals surface area contributed by atoms with E-state index in [1.807, 2.05) is 6.92 Å². The molecule has 1 fully saturated rings. The molecule has 1 aromatic rings. The molecule has 1 aromatic carbocycles. The molecule has 1 aliphatic heterocycles. The molecule has 2 rings (SSSR count). The lowest BCUT2D eigenvalue weighted by Gasteiger charge is -2.27. The van der Waals surface area contributed by atoms with Gasteiger partial charge in [0.2, 0.25) is 5.91 Å². The molecule has 1 aliphatic rings. The Balaban J connectivity index is 2.29. The number of ether oxygens (including phenoxy) is 1. The van der Waals surface area contributed by atoms with Crippen LogP contribution in [-0.4, -0.2) is 43.5 Å². The normalized spacial score (nSPS) is 23.9. The lowest BCUT2D eigenvalue weighted by atomic mass is 9.92. The zero-order valence-corrected chi connectivity index (χ0v) is 14.4. The molecule has 0 spiro atoms. The van der Waals surface area contributed by atoms with Gasteiger partial charge in [-0.3, -0.25) is 14.5 Å². The van der Waals surface area contributed by atoms with E-state index in [0.29, 0.717) is 18.5 Å². The van der Waals surface area contributed by atoms with Gasteiger partial charge in [0.25, 0.3) is 0 Å². The molecule has 0 bridgehead atoms. The van der Waals surface area contributed by atoms with Crippen molar-refractivity contribution in [3.8, 4) is 0 Å². The SMILES string of the molecule is CCCCNC(=O)[C@H]1C[C@@H](C(=O)OC)N(C)[C@H]1c1ccccc1F. The summed E-state index contributed by atoms with van der Waals surface area (Å²) in [5.41, 5.74) is 0.432. The number of likely N-dealkylation sites (tertiary alicyclic amines) is 1. The molecule has 1 N–H and O–H groups in total. The van der Waals surface area contributed by atoms with Crippen LogP contribution in [0, 0.1) is 11.7 Å². The second-order valence-electron chi connectivity index (χ2n) is 6.16. The number of nitrogens with one attached hydrogen (secondary N) is 1. The highest BCUT2D eigenvalue weighted by atomic mass is 19.1. The Hall–Kier alpha value is -1.95. The van der Waals surface area contributed by atoms with Crippen molar-refractivity contribution < 1.29 is 18.7 Å². The number of rotatable bonds is 6. The molecule has 1 amide bonds. The van der Waals surface area contributed by atoms with Crippen LogP contribution in [0.5, 0.6) is 0 Å². The Morgan fingerprint density at radius 2 is 2.08 bits per heavy atom. The van der Waals surface area contributed by atoms with E-state index in [9.17, 15) is 14.0 Å². The maximum absolute atomic E-state index is 14.3. The summed E-state index contributed by atoms with van der Waals surface area (Å²) in [6, 6.07) is 5.35. The fourth-order valence-electron chi connectivity index (χ4n) is 3.33. The number of esters is 1. The van der Waals surface area contributed by atoms with Gasteiger partial charge in [-0.15, -0.1) is 0 Å². The van der Waals surface area contributed by atoms with Crippen LogP contribution in [0.15, 0.2) is 24.3 Å². The van der Waals surface area contributed by atoms with Gasteiger partial charge in [-0.2, -0.15) is 0 Å². The summed E-state index contributed by atoms with van der Waals surface area (Å²) in [4.78, 5) is 26.4. The topological polar surface area (TPSA) is 58.6 Å². The van der Waals surface area contributed by atoms with Gasteiger partial charge in [-0.1, -0.05) is 31.5 Å². The van der Waals surface area contributed by atoms with Crippen molar-refractivity contribution in [3.63, 3.8) is 0 Å². The zero-order chi connectivity index (χ0) is 17.7. The summed E-state index contributed by atoms with van der Waals surface area (Å²) in [5.74, 6) is -1.41. The number of benzene rings is 1. The van der Waals surface area contributed by atoms with E-state index in [-0.39, 0.29) is 11.7 Å². The van der Waals surface area contributed by atoms with E-state index in [1.54, 1.807) is 30.1 Å². The van der Waals surface area contributed by atoms with Crippen LogP contribution in [0.1, 0.15) is 37.8 Å². The molecular weight excluding hydrogens is 311 g/mol. The van der Waals surface area contributed by atoms with E-state index in [2.05, 4.69) is 5.32 Å². The Kier molecular flexibility index (Phi) is 6.31. The number of halogens is 1. The number of likely N-dealkylation sites (N-methyl/N-ethyl adjacent to an activating group) is 1. The minimum Gasteiger partial charge on any atom is -0.468 e.